The molecule has 138 valence electrons. The zero-order valence-electron chi connectivity index (χ0n) is 15.0. The van der Waals surface area contributed by atoms with Crippen LogP contribution in [-0.2, 0) is 13.6 Å². The Labute approximate surface area is 155 Å². The van der Waals surface area contributed by atoms with E-state index < -0.39 is 0 Å². The first-order valence-corrected chi connectivity index (χ1v) is 8.91. The summed E-state index contributed by atoms with van der Waals surface area (Å²) in [6.45, 7) is 1.32. The molecule has 0 bridgehead atoms. The maximum Gasteiger partial charge on any atom is 0.266 e. The highest BCUT2D eigenvalue weighted by molar-refractivity contribution is 5.57. The van der Waals surface area contributed by atoms with Crippen LogP contribution >= 0.6 is 0 Å². The molecule has 4 rings (SSSR count). The molecule has 0 amide bonds. The Bertz CT molecular complexity index is 1060. The van der Waals surface area contributed by atoms with E-state index in [0.29, 0.717) is 6.54 Å². The highest BCUT2D eigenvalue weighted by Gasteiger charge is 2.27. The number of rotatable bonds is 4. The molecule has 0 spiro atoms. The lowest BCUT2D eigenvalue weighted by atomic mass is 10.2. The average Bonchev–Trinajstić information content (AvgIpc) is 3.14. The highest BCUT2D eigenvalue weighted by Crippen LogP contribution is 2.24. The second-order valence-electron chi connectivity index (χ2n) is 6.62. The summed E-state index contributed by atoms with van der Waals surface area (Å²) in [6, 6.07) is 10.4. The molecule has 0 N–H and O–H groups in total. The fraction of sp³-hybridized carbons (Fsp3) is 0.316. The largest absolute Gasteiger partial charge is 0.350 e. The molecule has 1 aliphatic heterocycles. The second-order valence-corrected chi connectivity index (χ2v) is 6.62. The van der Waals surface area contributed by atoms with Crippen molar-refractivity contribution in [3.63, 3.8) is 0 Å². The van der Waals surface area contributed by atoms with Crippen LogP contribution in [0.25, 0.3) is 11.3 Å². The van der Waals surface area contributed by atoms with Gasteiger partial charge in [0.25, 0.3) is 11.1 Å². The molecule has 0 aliphatic carbocycles. The van der Waals surface area contributed by atoms with Crippen molar-refractivity contribution in [3.8, 4) is 11.3 Å². The smallest absolute Gasteiger partial charge is 0.266 e. The minimum absolute atomic E-state index is 0.105. The third-order valence-corrected chi connectivity index (χ3v) is 4.84. The Balaban J connectivity index is 1.62. The van der Waals surface area contributed by atoms with Crippen molar-refractivity contribution < 1.29 is 0 Å². The van der Waals surface area contributed by atoms with E-state index >= 15 is 0 Å². The molecule has 3 aromatic rings. The zero-order valence-corrected chi connectivity index (χ0v) is 15.0. The number of nitrogens with zero attached hydrogens (tertiary/aromatic N) is 6. The molecule has 0 aromatic carbocycles. The molecular formula is C19H20N6O2. The minimum atomic E-state index is -0.141. The van der Waals surface area contributed by atoms with Gasteiger partial charge >= 0.3 is 0 Å². The molecule has 0 saturated carbocycles. The Morgan fingerprint density at radius 1 is 1.00 bits per heavy atom. The van der Waals surface area contributed by atoms with Crippen LogP contribution in [0.3, 0.4) is 0 Å². The van der Waals surface area contributed by atoms with Crippen molar-refractivity contribution in [1.82, 2.24) is 24.5 Å². The lowest BCUT2D eigenvalue weighted by Crippen LogP contribution is -2.38. The topological polar surface area (TPSA) is 85.9 Å². The predicted molar refractivity (Wildman–Crippen MR) is 102 cm³/mol. The molecule has 1 saturated heterocycles. The maximum atomic E-state index is 12.3. The Hall–Kier alpha value is -3.29. The second kappa shape index (κ2) is 7.14. The summed E-state index contributed by atoms with van der Waals surface area (Å²) in [6.07, 6.45) is 5.36. The van der Waals surface area contributed by atoms with Crippen LogP contribution in [0.15, 0.2) is 58.4 Å². The van der Waals surface area contributed by atoms with Crippen LogP contribution in [-0.4, -0.2) is 37.1 Å². The van der Waals surface area contributed by atoms with Gasteiger partial charge in [-0.3, -0.25) is 14.6 Å². The van der Waals surface area contributed by atoms with Crippen LogP contribution in [0.4, 0.5) is 5.82 Å². The van der Waals surface area contributed by atoms with Gasteiger partial charge in [-0.05, 0) is 37.1 Å². The summed E-state index contributed by atoms with van der Waals surface area (Å²) in [4.78, 5) is 30.1. The van der Waals surface area contributed by atoms with Crippen molar-refractivity contribution >= 4 is 5.82 Å². The molecule has 0 radical (unpaired) electrons. The van der Waals surface area contributed by atoms with Crippen molar-refractivity contribution in [2.75, 3.05) is 11.4 Å². The normalized spacial score (nSPS) is 16.6. The third-order valence-electron chi connectivity index (χ3n) is 4.84. The monoisotopic (exact) mass is 364 g/mol. The summed E-state index contributed by atoms with van der Waals surface area (Å²) in [7, 11) is 1.64. The summed E-state index contributed by atoms with van der Waals surface area (Å²) < 4.78 is 2.85. The standard InChI is InChI=1S/C19H20N6O2/c1-23-18(26)7-5-17(22-23)24-12-2-3-15(24)13-25-19(27)6-4-16(21-25)14-8-10-20-11-9-14/h4-11,15H,2-3,12-13H2,1H3. The average molecular weight is 364 g/mol. The van der Waals surface area contributed by atoms with E-state index in [2.05, 4.69) is 20.1 Å². The van der Waals surface area contributed by atoms with Crippen LogP contribution < -0.4 is 16.0 Å². The molecule has 27 heavy (non-hydrogen) atoms. The molecule has 1 fully saturated rings. The summed E-state index contributed by atoms with van der Waals surface area (Å²) in [5, 5.41) is 8.89. The first kappa shape index (κ1) is 17.1. The molecule has 4 heterocycles. The molecular weight excluding hydrogens is 344 g/mol. The van der Waals surface area contributed by atoms with Crippen molar-refractivity contribution in [2.24, 2.45) is 7.05 Å². The fourth-order valence-corrected chi connectivity index (χ4v) is 3.43. The maximum absolute atomic E-state index is 12.3. The van der Waals surface area contributed by atoms with Crippen LogP contribution in [0.5, 0.6) is 0 Å². The van der Waals surface area contributed by atoms with E-state index in [1.54, 1.807) is 37.6 Å². The highest BCUT2D eigenvalue weighted by atomic mass is 16.1. The van der Waals surface area contributed by atoms with Gasteiger partial charge in [-0.15, -0.1) is 0 Å². The van der Waals surface area contributed by atoms with Gasteiger partial charge in [0.15, 0.2) is 0 Å². The molecule has 8 nitrogen and oxygen atoms in total. The third kappa shape index (κ3) is 3.51. The first-order valence-electron chi connectivity index (χ1n) is 8.91. The van der Waals surface area contributed by atoms with Crippen molar-refractivity contribution in [2.45, 2.75) is 25.4 Å². The van der Waals surface area contributed by atoms with Crippen LogP contribution in [0.2, 0.25) is 0 Å². The van der Waals surface area contributed by atoms with Gasteiger partial charge < -0.3 is 4.90 Å². The molecule has 8 heteroatoms. The van der Waals surface area contributed by atoms with E-state index in [1.807, 2.05) is 12.1 Å². The Morgan fingerprint density at radius 3 is 2.56 bits per heavy atom. The van der Waals surface area contributed by atoms with Gasteiger partial charge in [0.1, 0.15) is 5.82 Å². The van der Waals surface area contributed by atoms with E-state index in [4.69, 9.17) is 0 Å². The Morgan fingerprint density at radius 2 is 1.78 bits per heavy atom. The van der Waals surface area contributed by atoms with Crippen molar-refractivity contribution in [3.05, 3.63) is 69.5 Å². The SMILES string of the molecule is Cn1nc(N2CCCC2Cn2nc(-c3ccncc3)ccc2=O)ccc1=O. The van der Waals surface area contributed by atoms with Gasteiger partial charge in [-0.1, -0.05) is 0 Å². The van der Waals surface area contributed by atoms with Gasteiger partial charge in [0.2, 0.25) is 0 Å². The summed E-state index contributed by atoms with van der Waals surface area (Å²) in [5.41, 5.74) is 1.38. The predicted octanol–water partition coefficient (Wildman–Crippen LogP) is 1.07. The lowest BCUT2D eigenvalue weighted by Gasteiger charge is -2.26. The summed E-state index contributed by atoms with van der Waals surface area (Å²) in [5.74, 6) is 0.748. The number of aryl methyl sites for hydroxylation is 1. The van der Waals surface area contributed by atoms with Crippen LogP contribution in [0, 0.1) is 0 Å². The molecule has 1 aliphatic rings. The minimum Gasteiger partial charge on any atom is -0.350 e. The molecule has 1 atom stereocenters. The summed E-state index contributed by atoms with van der Waals surface area (Å²) >= 11 is 0. The first-order chi connectivity index (χ1) is 13.1. The van der Waals surface area contributed by atoms with Gasteiger partial charge in [-0.2, -0.15) is 10.2 Å². The van der Waals surface area contributed by atoms with Crippen LogP contribution in [0.1, 0.15) is 12.8 Å². The van der Waals surface area contributed by atoms with E-state index in [0.717, 1.165) is 36.5 Å². The van der Waals surface area contributed by atoms with Gasteiger partial charge in [0.05, 0.1) is 18.3 Å². The lowest BCUT2D eigenvalue weighted by molar-refractivity contribution is 0.486. The number of pyridine rings is 1. The van der Waals surface area contributed by atoms with Crippen molar-refractivity contribution in [1.29, 1.82) is 0 Å². The Kier molecular flexibility index (Phi) is 4.53. The quantitative estimate of drug-likeness (QED) is 0.688. The number of anilines is 1. The number of aromatic nitrogens is 5. The van der Waals surface area contributed by atoms with Gasteiger partial charge in [-0.25, -0.2) is 9.36 Å². The zero-order chi connectivity index (χ0) is 18.8. The van der Waals surface area contributed by atoms with E-state index in [1.165, 1.54) is 15.4 Å². The molecule has 3 aromatic heterocycles. The van der Waals surface area contributed by atoms with E-state index in [-0.39, 0.29) is 17.2 Å². The number of hydrogen-bond acceptors (Lipinski definition) is 6. The molecule has 1 unspecified atom stereocenters. The fourth-order valence-electron chi connectivity index (χ4n) is 3.43. The van der Waals surface area contributed by atoms with Gasteiger partial charge in [0, 0.05) is 43.7 Å². The van der Waals surface area contributed by atoms with E-state index in [9.17, 15) is 9.59 Å². The number of hydrogen-bond donors (Lipinski definition) is 0.